The van der Waals surface area contributed by atoms with E-state index in [1.807, 2.05) is 153 Å². The maximum Gasteiger partial charge on any atom is 0.216 e. The molecule has 0 aliphatic heterocycles. The number of para-hydroxylation sites is 1. The van der Waals surface area contributed by atoms with E-state index < -0.39 is 26.7 Å². The quantitative estimate of drug-likeness (QED) is 0.0943. The first-order valence-corrected chi connectivity index (χ1v) is 26.4. The molecule has 0 fully saturated rings. The van der Waals surface area contributed by atoms with E-state index in [1.54, 1.807) is 12.1 Å². The third-order valence-corrected chi connectivity index (χ3v) is 14.3. The van der Waals surface area contributed by atoms with E-state index >= 15 is 0 Å². The Balaban J connectivity index is 0.000000221. The molecule has 69 heavy (non-hydrogen) atoms. The molecule has 8 heteroatoms. The molecule has 0 atom stereocenters. The van der Waals surface area contributed by atoms with Gasteiger partial charge in [-0.05, 0) is 87.6 Å². The summed E-state index contributed by atoms with van der Waals surface area (Å²) in [5.74, 6) is 0.516. The van der Waals surface area contributed by atoms with E-state index in [0.29, 0.717) is 33.7 Å². The molecule has 1 radical (unpaired) electrons. The van der Waals surface area contributed by atoms with Crippen molar-refractivity contribution < 1.29 is 31.4 Å². The predicted molar refractivity (Wildman–Crippen MR) is 286 cm³/mol. The topological polar surface area (TPSA) is 69.6 Å². The molecule has 0 spiro atoms. The van der Waals surface area contributed by atoms with Gasteiger partial charge in [0.25, 0.3) is 0 Å². The molecule has 341 valence electrons. The normalized spacial score (nSPS) is 13.4. The molecule has 0 saturated heterocycles. The van der Waals surface area contributed by atoms with Crippen LogP contribution in [-0.2, 0) is 26.5 Å². The Bertz CT molecular complexity index is 4050. The van der Waals surface area contributed by atoms with E-state index in [1.165, 1.54) is 0 Å². The number of hydrogen-bond acceptors (Lipinski definition) is 5. The third kappa shape index (κ3) is 8.58. The Morgan fingerprint density at radius 1 is 0.667 bits per heavy atom. The molecular formula is C61H51IrN5OSi-2. The number of fused-ring (bicyclic) bond motifs is 10. The number of pyridine rings is 3. The van der Waals surface area contributed by atoms with Crippen molar-refractivity contribution in [2.45, 2.75) is 53.6 Å². The molecule has 12 aromatic rings. The molecular weight excluding hydrogens is 1040 g/mol. The van der Waals surface area contributed by atoms with Crippen molar-refractivity contribution >= 4 is 78.8 Å². The van der Waals surface area contributed by atoms with E-state index in [0.717, 1.165) is 82.2 Å². The van der Waals surface area contributed by atoms with Gasteiger partial charge in [0.05, 0.1) is 41.7 Å². The average molecular weight is 1100 g/mol. The van der Waals surface area contributed by atoms with Crippen molar-refractivity contribution in [1.82, 2.24) is 24.5 Å². The minimum Gasteiger partial charge on any atom is -0.486 e. The fourth-order valence-corrected chi connectivity index (χ4v) is 10.7. The predicted octanol–water partition coefficient (Wildman–Crippen LogP) is 15.3. The first-order valence-electron chi connectivity index (χ1n) is 25.4. The molecule has 0 N–H and O–H groups in total. The number of rotatable bonds is 6. The Hall–Kier alpha value is -7.09. The molecule has 5 heterocycles. The summed E-state index contributed by atoms with van der Waals surface area (Å²) in [6.45, 7) is 10.2. The summed E-state index contributed by atoms with van der Waals surface area (Å²) in [5, 5.41) is 8.15. The van der Waals surface area contributed by atoms with Crippen LogP contribution in [0.5, 0.6) is 0 Å². The van der Waals surface area contributed by atoms with Crippen LogP contribution in [-0.4, -0.2) is 32.6 Å². The van der Waals surface area contributed by atoms with Gasteiger partial charge in [0.2, 0.25) is 5.71 Å². The maximum absolute atomic E-state index is 8.75. The second-order valence-corrected chi connectivity index (χ2v) is 24.3. The Labute approximate surface area is 424 Å². The van der Waals surface area contributed by atoms with Gasteiger partial charge in [0, 0.05) is 66.8 Å². The summed E-state index contributed by atoms with van der Waals surface area (Å²) in [5.41, 5.74) is 8.37. The standard InChI is InChI=1S/C42H25N4O.C19H26NSi.Ir/c1-25-10-7-18-37-39(25)46(27-19-20-30-28-13-5-6-14-29(28)31-17-9-23-43-38(31)35(30)24-27)41(44-37)34-16-8-15-32-33-21-22-36(26-11-3-2-4-12-26)45-42(33)47-40(32)34;1-19(2,3)13-16-12-17(15-10-8-7-9-11-15)20-14-18(16)21(4,5)6;/h2-15,17-24H,1H3;7-10,12,14H,13H2,1-6H3;/q2*-1;/i1D3;13D2;. The Morgan fingerprint density at radius 3 is 2.19 bits per heavy atom. The number of benzene rings is 7. The molecule has 0 aliphatic carbocycles. The number of imidazole rings is 1. The van der Waals surface area contributed by atoms with Crippen molar-refractivity contribution in [2.24, 2.45) is 5.41 Å². The van der Waals surface area contributed by atoms with Gasteiger partial charge in [-0.15, -0.1) is 54.1 Å². The molecule has 7 aromatic carbocycles. The summed E-state index contributed by atoms with van der Waals surface area (Å²) in [7, 11) is -1.70. The Morgan fingerprint density at radius 2 is 1.42 bits per heavy atom. The van der Waals surface area contributed by atoms with Gasteiger partial charge in [0.1, 0.15) is 0 Å². The molecule has 0 saturated carbocycles. The van der Waals surface area contributed by atoms with Crippen molar-refractivity contribution in [3.63, 3.8) is 0 Å². The summed E-state index contributed by atoms with van der Waals surface area (Å²) < 4.78 is 51.5. The van der Waals surface area contributed by atoms with Crippen LogP contribution < -0.4 is 5.19 Å². The fraction of sp³-hybridized carbons (Fsp3) is 0.148. The molecule has 6 nitrogen and oxygen atoms in total. The van der Waals surface area contributed by atoms with Gasteiger partial charge in [-0.2, -0.15) is 0 Å². The molecule has 0 bridgehead atoms. The third-order valence-electron chi connectivity index (χ3n) is 12.3. The van der Waals surface area contributed by atoms with Crippen molar-refractivity contribution in [2.75, 3.05) is 0 Å². The summed E-state index contributed by atoms with van der Waals surface area (Å²) in [6, 6.07) is 57.9. The van der Waals surface area contributed by atoms with Gasteiger partial charge >= 0.3 is 0 Å². The number of nitrogens with zero attached hydrogens (tertiary/aromatic N) is 5. The SMILES string of the molecule is [2H]C([2H])([2H])c1cccc2nc(-c3[c-]ccc4c3oc3nc(-c5ccccc5)ccc34)n(-c3ccc4c5ccccc5c5cccnc5c4c3)c12.[2H]C([2H])(c1cc(-c2[c-]cccc2)ncc1[Si](C)(C)C)C(C)(C)C.[Ir]. The first-order chi connectivity index (χ1) is 34.9. The van der Waals surface area contributed by atoms with Gasteiger partial charge in [-0.1, -0.05) is 142 Å². The fourth-order valence-electron chi connectivity index (χ4n) is 9.26. The number of aromatic nitrogens is 5. The second kappa shape index (κ2) is 18.1. The van der Waals surface area contributed by atoms with Gasteiger partial charge in [-0.25, -0.2) is 4.98 Å². The zero-order chi connectivity index (χ0) is 51.0. The first kappa shape index (κ1) is 39.9. The molecule has 0 unspecified atom stereocenters. The number of aryl methyl sites for hydroxylation is 1. The van der Waals surface area contributed by atoms with Crippen molar-refractivity contribution in [3.8, 4) is 39.6 Å². The van der Waals surface area contributed by atoms with E-state index in [-0.39, 0.29) is 25.7 Å². The average Bonchev–Trinajstić information content (AvgIpc) is 3.97. The van der Waals surface area contributed by atoms with E-state index in [4.69, 9.17) is 26.2 Å². The van der Waals surface area contributed by atoms with E-state index in [2.05, 4.69) is 67.1 Å². The summed E-state index contributed by atoms with van der Waals surface area (Å²) >= 11 is 0. The van der Waals surface area contributed by atoms with Gasteiger partial charge in [0.15, 0.2) is 0 Å². The van der Waals surface area contributed by atoms with Crippen LogP contribution in [0.4, 0.5) is 0 Å². The minimum absolute atomic E-state index is 0. The van der Waals surface area contributed by atoms with E-state index in [9.17, 15) is 0 Å². The zero-order valence-electron chi connectivity index (χ0n) is 44.1. The molecule has 0 aliphatic rings. The minimum atomic E-state index is -2.39. The van der Waals surface area contributed by atoms with Crippen LogP contribution in [0, 0.1) is 24.4 Å². The monoisotopic (exact) mass is 1100 g/mol. The van der Waals surface area contributed by atoms with Crippen LogP contribution in [0.15, 0.2) is 175 Å². The smallest absolute Gasteiger partial charge is 0.216 e. The van der Waals surface area contributed by atoms with Gasteiger partial charge < -0.3 is 14.0 Å². The number of furan rings is 1. The van der Waals surface area contributed by atoms with Crippen LogP contribution in [0.1, 0.15) is 38.8 Å². The molecule has 0 amide bonds. The largest absolute Gasteiger partial charge is 0.486 e. The number of hydrogen-bond donors (Lipinski definition) is 0. The van der Waals surface area contributed by atoms with Crippen molar-refractivity contribution in [1.29, 1.82) is 0 Å². The molecule has 12 rings (SSSR count). The summed E-state index contributed by atoms with van der Waals surface area (Å²) in [6.07, 6.45) is 2.28. The van der Waals surface area contributed by atoms with Crippen LogP contribution in [0.2, 0.25) is 19.6 Å². The van der Waals surface area contributed by atoms with Crippen LogP contribution >= 0.6 is 0 Å². The van der Waals surface area contributed by atoms with Gasteiger partial charge in [-0.3, -0.25) is 9.97 Å². The molecule has 5 aromatic heterocycles. The van der Waals surface area contributed by atoms with Crippen LogP contribution in [0.25, 0.3) is 105 Å². The summed E-state index contributed by atoms with van der Waals surface area (Å²) in [4.78, 5) is 19.4. The van der Waals surface area contributed by atoms with Crippen LogP contribution in [0.3, 0.4) is 0 Å². The van der Waals surface area contributed by atoms with Crippen molar-refractivity contribution in [3.05, 3.63) is 193 Å². The maximum atomic E-state index is 8.75. The Kier molecular flexibility index (Phi) is 10.5. The zero-order valence-corrected chi connectivity index (χ0v) is 42.5. The second-order valence-electron chi connectivity index (χ2n) is 19.2.